The molecule has 0 fully saturated rings. The molecule has 1 atom stereocenters. The topological polar surface area (TPSA) is 93.2 Å². The summed E-state index contributed by atoms with van der Waals surface area (Å²) in [6.07, 6.45) is 0. The quantitative estimate of drug-likeness (QED) is 0.364. The number of ether oxygens (including phenoxy) is 1. The van der Waals surface area contributed by atoms with Crippen molar-refractivity contribution in [3.05, 3.63) is 29.8 Å². The summed E-state index contributed by atoms with van der Waals surface area (Å²) < 4.78 is 4.65. The van der Waals surface area contributed by atoms with Crippen LogP contribution in [0.2, 0.25) is 0 Å². The summed E-state index contributed by atoms with van der Waals surface area (Å²) in [5.41, 5.74) is 6.24. The van der Waals surface area contributed by atoms with Crippen LogP contribution in [0.15, 0.2) is 24.3 Å². The number of ketones is 1. The van der Waals surface area contributed by atoms with Crippen LogP contribution in [0, 0.1) is 17.2 Å². The van der Waals surface area contributed by atoms with E-state index in [1.807, 2.05) is 0 Å². The van der Waals surface area contributed by atoms with Crippen LogP contribution in [0.5, 0.6) is 0 Å². The molecule has 0 aliphatic carbocycles. The fourth-order valence-corrected chi connectivity index (χ4v) is 1.26. The minimum Gasteiger partial charge on any atom is -0.465 e. The summed E-state index contributed by atoms with van der Waals surface area (Å²) in [6, 6.07) is 7.66. The van der Waals surface area contributed by atoms with Crippen molar-refractivity contribution in [3.8, 4) is 6.07 Å². The smallest absolute Gasteiger partial charge is 0.331 e. The van der Waals surface area contributed by atoms with Crippen molar-refractivity contribution in [1.29, 1.82) is 5.26 Å². The Balaban J connectivity index is 2.91. The van der Waals surface area contributed by atoms with Crippen molar-refractivity contribution in [2.75, 3.05) is 12.3 Å². The number of hydrogen-bond donors (Lipinski definition) is 1. The second-order valence-electron chi connectivity index (χ2n) is 3.30. The number of hydrogen-bond acceptors (Lipinski definition) is 5. The van der Waals surface area contributed by atoms with Crippen molar-refractivity contribution in [2.24, 2.45) is 5.92 Å². The third-order valence-electron chi connectivity index (χ3n) is 2.11. The summed E-state index contributed by atoms with van der Waals surface area (Å²) in [5, 5.41) is 8.81. The van der Waals surface area contributed by atoms with Crippen LogP contribution in [-0.4, -0.2) is 18.4 Å². The number of esters is 1. The van der Waals surface area contributed by atoms with Gasteiger partial charge in [0, 0.05) is 11.3 Å². The summed E-state index contributed by atoms with van der Waals surface area (Å²) in [6.45, 7) is 1.74. The number of carbonyl (C=O) groups is 2. The minimum absolute atomic E-state index is 0.131. The normalized spacial score (nSPS) is 11.3. The highest BCUT2D eigenvalue weighted by Crippen LogP contribution is 2.12. The molecule has 5 heteroatoms. The average molecular weight is 232 g/mol. The fourth-order valence-electron chi connectivity index (χ4n) is 1.26. The number of benzene rings is 1. The van der Waals surface area contributed by atoms with Gasteiger partial charge in [0.1, 0.15) is 0 Å². The Kier molecular flexibility index (Phi) is 4.23. The van der Waals surface area contributed by atoms with Gasteiger partial charge in [0.2, 0.25) is 5.92 Å². The van der Waals surface area contributed by atoms with Crippen LogP contribution in [-0.2, 0) is 9.53 Å². The Labute approximate surface area is 98.8 Å². The molecule has 88 valence electrons. The summed E-state index contributed by atoms with van der Waals surface area (Å²) in [7, 11) is 0. The lowest BCUT2D eigenvalue weighted by atomic mass is 9.99. The van der Waals surface area contributed by atoms with E-state index >= 15 is 0 Å². The van der Waals surface area contributed by atoms with Crippen LogP contribution in [0.25, 0.3) is 0 Å². The zero-order valence-corrected chi connectivity index (χ0v) is 9.34. The summed E-state index contributed by atoms with van der Waals surface area (Å²) in [5.74, 6) is -2.82. The number of nitrogen functional groups attached to an aromatic ring is 1. The van der Waals surface area contributed by atoms with Gasteiger partial charge in [-0.15, -0.1) is 0 Å². The predicted octanol–water partition coefficient (Wildman–Crippen LogP) is 1.15. The van der Waals surface area contributed by atoms with Crippen molar-refractivity contribution in [1.82, 2.24) is 0 Å². The fraction of sp³-hybridized carbons (Fsp3) is 0.250. The van der Waals surface area contributed by atoms with Gasteiger partial charge in [0.15, 0.2) is 5.78 Å². The number of anilines is 1. The highest BCUT2D eigenvalue weighted by molar-refractivity contribution is 6.10. The van der Waals surface area contributed by atoms with Crippen molar-refractivity contribution < 1.29 is 14.3 Å². The van der Waals surface area contributed by atoms with Crippen LogP contribution >= 0.6 is 0 Å². The van der Waals surface area contributed by atoms with Gasteiger partial charge >= 0.3 is 5.97 Å². The first-order chi connectivity index (χ1) is 8.10. The molecular formula is C12H12N2O3. The average Bonchev–Trinajstić information content (AvgIpc) is 2.31. The van der Waals surface area contributed by atoms with Crippen molar-refractivity contribution in [3.63, 3.8) is 0 Å². The Bertz CT molecular complexity index is 460. The molecule has 1 aromatic rings. The van der Waals surface area contributed by atoms with E-state index in [2.05, 4.69) is 4.74 Å². The second kappa shape index (κ2) is 5.66. The first-order valence-corrected chi connectivity index (χ1v) is 5.06. The highest BCUT2D eigenvalue weighted by atomic mass is 16.5. The van der Waals surface area contributed by atoms with E-state index < -0.39 is 17.7 Å². The standard InChI is InChI=1S/C12H12N2O3/c1-2-17-12(16)10(7-13)11(15)8-3-5-9(14)6-4-8/h3-6,10H,2,14H2,1H3. The van der Waals surface area contributed by atoms with Crippen molar-refractivity contribution in [2.45, 2.75) is 6.92 Å². The highest BCUT2D eigenvalue weighted by Gasteiger charge is 2.28. The van der Waals surface area contributed by atoms with Crippen molar-refractivity contribution >= 4 is 17.4 Å². The Hall–Kier alpha value is -2.35. The zero-order chi connectivity index (χ0) is 12.8. The molecular weight excluding hydrogens is 220 g/mol. The molecule has 17 heavy (non-hydrogen) atoms. The van der Waals surface area contributed by atoms with Gasteiger partial charge in [-0.05, 0) is 31.2 Å². The first-order valence-electron chi connectivity index (χ1n) is 5.06. The molecule has 0 aromatic heterocycles. The molecule has 0 saturated carbocycles. The first kappa shape index (κ1) is 12.7. The maximum absolute atomic E-state index is 11.8. The van der Waals surface area contributed by atoms with Gasteiger partial charge in [-0.25, -0.2) is 0 Å². The molecule has 5 nitrogen and oxygen atoms in total. The number of rotatable bonds is 4. The molecule has 0 bridgehead atoms. The molecule has 0 aliphatic heterocycles. The third-order valence-corrected chi connectivity index (χ3v) is 2.11. The largest absolute Gasteiger partial charge is 0.465 e. The molecule has 0 radical (unpaired) electrons. The molecule has 2 N–H and O–H groups in total. The summed E-state index contributed by atoms with van der Waals surface area (Å²) >= 11 is 0. The molecule has 1 aromatic carbocycles. The Morgan fingerprint density at radius 2 is 2.00 bits per heavy atom. The summed E-state index contributed by atoms with van der Waals surface area (Å²) in [4.78, 5) is 23.2. The SMILES string of the molecule is CCOC(=O)C(C#N)C(=O)c1ccc(N)cc1. The van der Waals surface area contributed by atoms with Gasteiger partial charge < -0.3 is 10.5 Å². The maximum Gasteiger partial charge on any atom is 0.331 e. The van der Waals surface area contributed by atoms with E-state index in [0.717, 1.165) is 0 Å². The van der Waals surface area contributed by atoms with E-state index in [1.54, 1.807) is 13.0 Å². The van der Waals surface area contributed by atoms with Gasteiger partial charge in [-0.2, -0.15) is 5.26 Å². The number of nitriles is 1. The monoisotopic (exact) mass is 232 g/mol. The molecule has 1 unspecified atom stereocenters. The van der Waals surface area contributed by atoms with Crippen LogP contribution in [0.4, 0.5) is 5.69 Å². The lowest BCUT2D eigenvalue weighted by Crippen LogP contribution is -2.24. The lowest BCUT2D eigenvalue weighted by molar-refractivity contribution is -0.144. The Morgan fingerprint density at radius 3 is 2.47 bits per heavy atom. The van der Waals surface area contributed by atoms with Crippen LogP contribution in [0.3, 0.4) is 0 Å². The van der Waals surface area contributed by atoms with E-state index in [9.17, 15) is 9.59 Å². The Morgan fingerprint density at radius 1 is 1.41 bits per heavy atom. The zero-order valence-electron chi connectivity index (χ0n) is 9.34. The van der Waals surface area contributed by atoms with Crippen LogP contribution in [0.1, 0.15) is 17.3 Å². The van der Waals surface area contributed by atoms with E-state index in [0.29, 0.717) is 5.69 Å². The van der Waals surface area contributed by atoms with E-state index in [1.165, 1.54) is 24.3 Å². The molecule has 0 amide bonds. The predicted molar refractivity (Wildman–Crippen MR) is 60.9 cm³/mol. The minimum atomic E-state index is -1.42. The van der Waals surface area contributed by atoms with Gasteiger partial charge in [0.25, 0.3) is 0 Å². The van der Waals surface area contributed by atoms with Gasteiger partial charge in [0.05, 0.1) is 12.7 Å². The van der Waals surface area contributed by atoms with E-state index in [-0.39, 0.29) is 12.2 Å². The second-order valence-corrected chi connectivity index (χ2v) is 3.30. The molecule has 0 saturated heterocycles. The molecule has 1 rings (SSSR count). The van der Waals surface area contributed by atoms with Crippen LogP contribution < -0.4 is 5.73 Å². The van der Waals surface area contributed by atoms with E-state index in [4.69, 9.17) is 11.0 Å². The number of Topliss-reactive ketones (excluding diaryl/α,β-unsaturated/α-hetero) is 1. The number of nitrogens with zero attached hydrogens (tertiary/aromatic N) is 1. The number of carbonyl (C=O) groups excluding carboxylic acids is 2. The molecule has 0 aliphatic rings. The molecule has 0 heterocycles. The third kappa shape index (κ3) is 3.05. The maximum atomic E-state index is 11.8. The van der Waals surface area contributed by atoms with Gasteiger partial charge in [-0.3, -0.25) is 9.59 Å². The lowest BCUT2D eigenvalue weighted by Gasteiger charge is -2.07. The number of nitrogens with two attached hydrogens (primary N) is 1. The van der Waals surface area contributed by atoms with Gasteiger partial charge in [-0.1, -0.05) is 0 Å². The molecule has 0 spiro atoms.